The molecule has 3 rings (SSSR count). The van der Waals surface area contributed by atoms with E-state index in [1.807, 2.05) is 21.9 Å². The molecule has 1 atom stereocenters. The van der Waals surface area contributed by atoms with E-state index in [0.717, 1.165) is 62.7 Å². The highest BCUT2D eigenvalue weighted by atomic mass is 35.5. The molecule has 2 fully saturated rings. The predicted molar refractivity (Wildman–Crippen MR) is 126 cm³/mol. The molecule has 0 saturated carbocycles. The Labute approximate surface area is 192 Å². The summed E-state index contributed by atoms with van der Waals surface area (Å²) in [6, 6.07) is 8.46. The molecule has 0 spiro atoms. The summed E-state index contributed by atoms with van der Waals surface area (Å²) < 4.78 is 0. The van der Waals surface area contributed by atoms with Crippen LogP contribution >= 0.6 is 11.6 Å². The minimum Gasteiger partial charge on any atom is -0.343 e. The average molecular weight is 446 g/mol. The van der Waals surface area contributed by atoms with Gasteiger partial charge in [0.05, 0.1) is 0 Å². The fourth-order valence-corrected chi connectivity index (χ4v) is 5.01. The quantitative estimate of drug-likeness (QED) is 0.648. The Morgan fingerprint density at radius 3 is 2.23 bits per heavy atom. The van der Waals surface area contributed by atoms with Crippen LogP contribution in [0.1, 0.15) is 65.0 Å². The van der Waals surface area contributed by atoms with Crippen molar-refractivity contribution >= 4 is 23.4 Å². The van der Waals surface area contributed by atoms with Gasteiger partial charge in [-0.25, -0.2) is 0 Å². The highest BCUT2D eigenvalue weighted by Gasteiger charge is 2.32. The van der Waals surface area contributed by atoms with Gasteiger partial charge in [0, 0.05) is 62.8 Å². The molecule has 2 amide bonds. The number of amides is 2. The van der Waals surface area contributed by atoms with Crippen LogP contribution in [0.15, 0.2) is 35.5 Å². The van der Waals surface area contributed by atoms with Crippen molar-refractivity contribution in [3.05, 3.63) is 46.1 Å². The predicted octanol–water partition coefficient (Wildman–Crippen LogP) is 4.88. The fourth-order valence-electron chi connectivity index (χ4n) is 4.89. The standard InChI is InChI=1S/C25H36ClN3O2/c1-5-23(21-6-8-22(26)9-7-21)28-14-15-29(24(17-28)18(2)3)25(31)16-20-10-12-27(13-11-20)19(4)30/h6-9,20,23H,5,10-17H2,1-4H3. The SMILES string of the molecule is CCC(c1ccc(Cl)cc1)N1CCN(C(=O)CC2CCN(C(C)=O)CC2)C(=C(C)C)C1. The summed E-state index contributed by atoms with van der Waals surface area (Å²) in [4.78, 5) is 31.2. The normalized spacial score (nSPS) is 19.5. The van der Waals surface area contributed by atoms with Gasteiger partial charge in [0.25, 0.3) is 0 Å². The molecule has 2 aliphatic rings. The van der Waals surface area contributed by atoms with Crippen molar-refractivity contribution in [3.8, 4) is 0 Å². The topological polar surface area (TPSA) is 43.9 Å². The molecule has 0 aliphatic carbocycles. The van der Waals surface area contributed by atoms with E-state index >= 15 is 0 Å². The third-order valence-electron chi connectivity index (χ3n) is 6.77. The Morgan fingerprint density at radius 2 is 1.68 bits per heavy atom. The fraction of sp³-hybridized carbons (Fsp3) is 0.600. The van der Waals surface area contributed by atoms with Crippen LogP contribution in [-0.2, 0) is 9.59 Å². The molecule has 5 nitrogen and oxygen atoms in total. The van der Waals surface area contributed by atoms with Gasteiger partial charge in [0.15, 0.2) is 0 Å². The number of benzene rings is 1. The van der Waals surface area contributed by atoms with Crippen molar-refractivity contribution in [2.24, 2.45) is 5.92 Å². The van der Waals surface area contributed by atoms with E-state index in [-0.39, 0.29) is 11.8 Å². The van der Waals surface area contributed by atoms with E-state index in [9.17, 15) is 9.59 Å². The number of hydrogen-bond acceptors (Lipinski definition) is 3. The summed E-state index contributed by atoms with van der Waals surface area (Å²) in [5.41, 5.74) is 3.62. The smallest absolute Gasteiger partial charge is 0.227 e. The van der Waals surface area contributed by atoms with E-state index in [1.165, 1.54) is 11.1 Å². The van der Waals surface area contributed by atoms with Crippen molar-refractivity contribution in [3.63, 3.8) is 0 Å². The summed E-state index contributed by atoms with van der Waals surface area (Å²) in [6.07, 6.45) is 3.44. The first-order valence-corrected chi connectivity index (χ1v) is 11.9. The number of likely N-dealkylation sites (tertiary alicyclic amines) is 1. The van der Waals surface area contributed by atoms with Crippen LogP contribution in [0.4, 0.5) is 0 Å². The molecule has 0 N–H and O–H groups in total. The van der Waals surface area contributed by atoms with Gasteiger partial charge in [-0.05, 0) is 56.7 Å². The van der Waals surface area contributed by atoms with Crippen molar-refractivity contribution in [1.29, 1.82) is 0 Å². The van der Waals surface area contributed by atoms with Gasteiger partial charge < -0.3 is 9.80 Å². The van der Waals surface area contributed by atoms with Crippen LogP contribution < -0.4 is 0 Å². The largest absolute Gasteiger partial charge is 0.343 e. The third-order valence-corrected chi connectivity index (χ3v) is 7.03. The number of carbonyl (C=O) groups is 2. The lowest BCUT2D eigenvalue weighted by molar-refractivity contribution is -0.133. The number of piperazine rings is 1. The lowest BCUT2D eigenvalue weighted by atomic mass is 9.92. The van der Waals surface area contributed by atoms with Crippen LogP contribution in [0.5, 0.6) is 0 Å². The molecular weight excluding hydrogens is 410 g/mol. The number of halogens is 1. The zero-order valence-corrected chi connectivity index (χ0v) is 20.1. The van der Waals surface area contributed by atoms with Gasteiger partial charge in [-0.2, -0.15) is 0 Å². The van der Waals surface area contributed by atoms with Crippen LogP contribution in [0.3, 0.4) is 0 Å². The van der Waals surface area contributed by atoms with Crippen molar-refractivity contribution in [2.75, 3.05) is 32.7 Å². The van der Waals surface area contributed by atoms with Crippen molar-refractivity contribution in [1.82, 2.24) is 14.7 Å². The lowest BCUT2D eigenvalue weighted by Gasteiger charge is -2.42. The Morgan fingerprint density at radius 1 is 1.03 bits per heavy atom. The number of piperidine rings is 1. The molecule has 2 aliphatic heterocycles. The Balaban J connectivity index is 1.65. The monoisotopic (exact) mass is 445 g/mol. The van der Waals surface area contributed by atoms with Crippen LogP contribution in [-0.4, -0.2) is 59.2 Å². The summed E-state index contributed by atoms with van der Waals surface area (Å²) in [5, 5.41) is 0.758. The van der Waals surface area contributed by atoms with E-state index in [4.69, 9.17) is 11.6 Å². The highest BCUT2D eigenvalue weighted by Crippen LogP contribution is 2.31. The molecule has 0 radical (unpaired) electrons. The Hall–Kier alpha value is -1.85. The van der Waals surface area contributed by atoms with E-state index in [2.05, 4.69) is 37.8 Å². The van der Waals surface area contributed by atoms with Crippen LogP contribution in [0.2, 0.25) is 5.02 Å². The lowest BCUT2D eigenvalue weighted by Crippen LogP contribution is -2.49. The number of rotatable bonds is 5. The zero-order chi connectivity index (χ0) is 22.5. The first kappa shape index (κ1) is 23.8. The Kier molecular flexibility index (Phi) is 8.17. The molecule has 1 aromatic carbocycles. The molecule has 0 bridgehead atoms. The summed E-state index contributed by atoms with van der Waals surface area (Å²) in [6.45, 7) is 12.0. The van der Waals surface area contributed by atoms with Gasteiger partial charge in [-0.15, -0.1) is 0 Å². The number of allylic oxidation sites excluding steroid dienone is 1. The first-order valence-electron chi connectivity index (χ1n) is 11.5. The summed E-state index contributed by atoms with van der Waals surface area (Å²) >= 11 is 6.08. The second-order valence-electron chi connectivity index (χ2n) is 9.09. The second-order valence-corrected chi connectivity index (χ2v) is 9.53. The zero-order valence-electron chi connectivity index (χ0n) is 19.4. The van der Waals surface area contributed by atoms with Gasteiger partial charge in [-0.3, -0.25) is 14.5 Å². The number of nitrogens with zero attached hydrogens (tertiary/aromatic N) is 3. The summed E-state index contributed by atoms with van der Waals surface area (Å²) in [7, 11) is 0. The third kappa shape index (κ3) is 5.89. The maximum absolute atomic E-state index is 13.2. The molecule has 0 aromatic heterocycles. The molecule has 170 valence electrons. The van der Waals surface area contributed by atoms with Gasteiger partial charge in [0.2, 0.25) is 11.8 Å². The van der Waals surface area contributed by atoms with Gasteiger partial charge in [0.1, 0.15) is 0 Å². The molecular formula is C25H36ClN3O2. The molecule has 6 heteroatoms. The molecule has 2 heterocycles. The van der Waals surface area contributed by atoms with Gasteiger partial charge in [-0.1, -0.05) is 36.2 Å². The first-order chi connectivity index (χ1) is 14.8. The molecule has 1 unspecified atom stereocenters. The van der Waals surface area contributed by atoms with E-state index in [1.54, 1.807) is 6.92 Å². The van der Waals surface area contributed by atoms with Gasteiger partial charge >= 0.3 is 0 Å². The van der Waals surface area contributed by atoms with Crippen LogP contribution in [0, 0.1) is 5.92 Å². The second kappa shape index (κ2) is 10.6. The maximum Gasteiger partial charge on any atom is 0.227 e. The minimum absolute atomic E-state index is 0.138. The van der Waals surface area contributed by atoms with Crippen molar-refractivity contribution in [2.45, 2.75) is 59.4 Å². The van der Waals surface area contributed by atoms with E-state index in [0.29, 0.717) is 18.4 Å². The van der Waals surface area contributed by atoms with Crippen molar-refractivity contribution < 1.29 is 9.59 Å². The Bertz CT molecular complexity index is 809. The molecule has 1 aromatic rings. The van der Waals surface area contributed by atoms with Crippen LogP contribution in [0.25, 0.3) is 0 Å². The number of hydrogen-bond donors (Lipinski definition) is 0. The maximum atomic E-state index is 13.2. The van der Waals surface area contributed by atoms with E-state index < -0.39 is 0 Å². The average Bonchev–Trinajstić information content (AvgIpc) is 2.75. The minimum atomic E-state index is 0.138. The highest BCUT2D eigenvalue weighted by molar-refractivity contribution is 6.30. The number of carbonyl (C=O) groups excluding carboxylic acids is 2. The molecule has 31 heavy (non-hydrogen) atoms. The summed E-state index contributed by atoms with van der Waals surface area (Å²) in [5.74, 6) is 0.743. The molecule has 2 saturated heterocycles.